The third kappa shape index (κ3) is 75.3. The Hall–Kier alpha value is -2.98. The van der Waals surface area contributed by atoms with E-state index < -0.39 is 97.5 Å². The van der Waals surface area contributed by atoms with Gasteiger partial charge in [-0.3, -0.25) is 37.3 Å². The van der Waals surface area contributed by atoms with Crippen LogP contribution in [0.5, 0.6) is 0 Å². The minimum atomic E-state index is -4.98. The Labute approximate surface area is 623 Å². The molecule has 0 fully saturated rings. The van der Waals surface area contributed by atoms with E-state index in [0.29, 0.717) is 32.1 Å². The quantitative estimate of drug-likeness (QED) is 0.0169. The van der Waals surface area contributed by atoms with E-state index in [9.17, 15) is 43.2 Å². The number of hydrogen-bond donors (Lipinski definition) is 3. The summed E-state index contributed by atoms with van der Waals surface area (Å²) >= 11 is 0. The van der Waals surface area contributed by atoms with Crippen molar-refractivity contribution in [2.24, 2.45) is 0 Å². The number of aliphatic hydroxyl groups is 1. The molecule has 0 saturated carbocycles. The lowest BCUT2D eigenvalue weighted by Gasteiger charge is -2.21. The van der Waals surface area contributed by atoms with Crippen molar-refractivity contribution in [3.8, 4) is 0 Å². The van der Waals surface area contributed by atoms with Gasteiger partial charge in [-0.05, 0) is 64.2 Å². The Bertz CT molecular complexity index is 2120. The Morgan fingerprint density at radius 2 is 0.490 bits per heavy atom. The molecule has 17 nitrogen and oxygen atoms in total. The van der Waals surface area contributed by atoms with Gasteiger partial charge < -0.3 is 33.8 Å². The molecular formula is C83H154O17P2. The van der Waals surface area contributed by atoms with Gasteiger partial charge in [0.05, 0.1) is 26.4 Å². The lowest BCUT2D eigenvalue weighted by Crippen LogP contribution is -2.30. The Kier molecular flexibility index (Phi) is 74.0. The molecule has 2 unspecified atom stereocenters. The highest BCUT2D eigenvalue weighted by molar-refractivity contribution is 7.47. The van der Waals surface area contributed by atoms with Crippen LogP contribution in [0.15, 0.2) is 48.6 Å². The summed E-state index contributed by atoms with van der Waals surface area (Å²) in [5.41, 5.74) is 0. The van der Waals surface area contributed by atoms with E-state index in [1.165, 1.54) is 218 Å². The largest absolute Gasteiger partial charge is 0.472 e. The maximum absolute atomic E-state index is 13.1. The molecule has 0 saturated heterocycles. The van der Waals surface area contributed by atoms with Crippen LogP contribution in [-0.4, -0.2) is 96.7 Å². The molecule has 0 aromatic rings. The highest BCUT2D eigenvalue weighted by Crippen LogP contribution is 2.45. The maximum atomic E-state index is 13.1. The smallest absolute Gasteiger partial charge is 0.462 e. The number of esters is 4. The summed E-state index contributed by atoms with van der Waals surface area (Å²) in [6, 6.07) is 0. The molecule has 3 N–H and O–H groups in total. The third-order valence-electron chi connectivity index (χ3n) is 18.3. The number of hydrogen-bond acceptors (Lipinski definition) is 15. The van der Waals surface area contributed by atoms with Crippen LogP contribution in [0.2, 0.25) is 0 Å². The molecule has 0 aromatic carbocycles. The van der Waals surface area contributed by atoms with Crippen LogP contribution >= 0.6 is 15.6 Å². The second kappa shape index (κ2) is 76.2. The number of carbonyl (C=O) groups is 4. The molecule has 19 heteroatoms. The molecule has 0 spiro atoms. The zero-order valence-electron chi connectivity index (χ0n) is 65.6. The Balaban J connectivity index is 5.33. The number of phosphoric acid groups is 2. The normalized spacial score (nSPS) is 14.1. The molecule has 0 aliphatic rings. The van der Waals surface area contributed by atoms with Gasteiger partial charge in [0, 0.05) is 25.7 Å². The van der Waals surface area contributed by atoms with Crippen LogP contribution in [0.3, 0.4) is 0 Å². The zero-order chi connectivity index (χ0) is 74.6. The minimum absolute atomic E-state index is 0.0910. The van der Waals surface area contributed by atoms with Crippen LogP contribution in [0.25, 0.3) is 0 Å². The molecule has 102 heavy (non-hydrogen) atoms. The van der Waals surface area contributed by atoms with Gasteiger partial charge in [-0.2, -0.15) is 0 Å². The van der Waals surface area contributed by atoms with E-state index in [0.717, 1.165) is 96.3 Å². The fraction of sp³-hybridized carbons (Fsp3) is 0.855. The first-order valence-corrected chi connectivity index (χ1v) is 44.9. The first-order valence-electron chi connectivity index (χ1n) is 41.9. The number of rotatable bonds is 80. The van der Waals surface area contributed by atoms with E-state index in [4.69, 9.17) is 37.0 Å². The highest BCUT2D eigenvalue weighted by atomic mass is 31.2. The lowest BCUT2D eigenvalue weighted by molar-refractivity contribution is -0.161. The average Bonchev–Trinajstić information content (AvgIpc) is 0.908. The van der Waals surface area contributed by atoms with Gasteiger partial charge in [0.2, 0.25) is 0 Å². The van der Waals surface area contributed by atoms with Crippen LogP contribution in [-0.2, 0) is 65.4 Å². The number of ether oxygens (including phenoxy) is 4. The summed E-state index contributed by atoms with van der Waals surface area (Å²) in [6.45, 7) is 4.90. The molecule has 0 amide bonds. The van der Waals surface area contributed by atoms with Gasteiger partial charge in [-0.1, -0.05) is 359 Å². The van der Waals surface area contributed by atoms with E-state index in [-0.39, 0.29) is 25.7 Å². The van der Waals surface area contributed by atoms with Crippen molar-refractivity contribution in [2.45, 2.75) is 418 Å². The van der Waals surface area contributed by atoms with Gasteiger partial charge in [0.1, 0.15) is 19.3 Å². The third-order valence-corrected chi connectivity index (χ3v) is 20.2. The van der Waals surface area contributed by atoms with Crippen molar-refractivity contribution in [1.82, 2.24) is 0 Å². The molecule has 0 aromatic heterocycles. The summed E-state index contributed by atoms with van der Waals surface area (Å²) in [5.74, 6) is -2.19. The van der Waals surface area contributed by atoms with Gasteiger partial charge in [0.15, 0.2) is 12.2 Å². The first-order chi connectivity index (χ1) is 49.7. The minimum Gasteiger partial charge on any atom is -0.462 e. The molecule has 0 rings (SSSR count). The summed E-state index contributed by atoms with van der Waals surface area (Å²) in [4.78, 5) is 73.1. The molecule has 5 atom stereocenters. The summed E-state index contributed by atoms with van der Waals surface area (Å²) < 4.78 is 68.7. The second-order valence-electron chi connectivity index (χ2n) is 28.4. The van der Waals surface area contributed by atoms with Crippen molar-refractivity contribution in [2.75, 3.05) is 39.6 Å². The average molecular weight is 1490 g/mol. The van der Waals surface area contributed by atoms with Crippen LogP contribution in [0.4, 0.5) is 0 Å². The highest BCUT2D eigenvalue weighted by Gasteiger charge is 2.30. The van der Waals surface area contributed by atoms with Gasteiger partial charge in [-0.15, -0.1) is 0 Å². The van der Waals surface area contributed by atoms with Crippen molar-refractivity contribution < 1.29 is 80.2 Å². The lowest BCUT2D eigenvalue weighted by atomic mass is 10.0. The van der Waals surface area contributed by atoms with E-state index in [1.807, 2.05) is 12.2 Å². The van der Waals surface area contributed by atoms with Gasteiger partial charge >= 0.3 is 39.5 Å². The molecule has 598 valence electrons. The number of phosphoric ester groups is 2. The molecule has 0 heterocycles. The number of aliphatic hydroxyl groups excluding tert-OH is 1. The number of unbranched alkanes of at least 4 members (excludes halogenated alkanes) is 46. The fourth-order valence-corrected chi connectivity index (χ4v) is 13.5. The summed E-state index contributed by atoms with van der Waals surface area (Å²) in [7, 11) is -9.95. The van der Waals surface area contributed by atoms with E-state index in [2.05, 4.69) is 64.2 Å². The van der Waals surface area contributed by atoms with Crippen molar-refractivity contribution in [3.63, 3.8) is 0 Å². The van der Waals surface area contributed by atoms with Crippen molar-refractivity contribution in [3.05, 3.63) is 48.6 Å². The summed E-state index contributed by atoms with van der Waals surface area (Å²) in [5, 5.41) is 10.6. The van der Waals surface area contributed by atoms with Gasteiger partial charge in [-0.25, -0.2) is 9.13 Å². The molecule has 0 aliphatic heterocycles. The zero-order valence-corrected chi connectivity index (χ0v) is 67.3. The molecule has 0 radical (unpaired) electrons. The van der Waals surface area contributed by atoms with Gasteiger partial charge in [0.25, 0.3) is 0 Å². The molecule has 0 aliphatic carbocycles. The van der Waals surface area contributed by atoms with Crippen molar-refractivity contribution in [1.29, 1.82) is 0 Å². The Morgan fingerprint density at radius 1 is 0.275 bits per heavy atom. The van der Waals surface area contributed by atoms with E-state index in [1.54, 1.807) is 0 Å². The van der Waals surface area contributed by atoms with Crippen molar-refractivity contribution >= 4 is 39.5 Å². The predicted molar refractivity (Wildman–Crippen MR) is 418 cm³/mol. The molecule has 0 bridgehead atoms. The number of carbonyl (C=O) groups excluding carboxylic acids is 4. The van der Waals surface area contributed by atoms with Crippen LogP contribution < -0.4 is 0 Å². The summed E-state index contributed by atoms with van der Waals surface area (Å²) in [6.07, 6.45) is 75.1. The predicted octanol–water partition coefficient (Wildman–Crippen LogP) is 24.5. The monoisotopic (exact) mass is 1490 g/mol. The van der Waals surface area contributed by atoms with Crippen LogP contribution in [0.1, 0.15) is 400 Å². The van der Waals surface area contributed by atoms with Crippen LogP contribution in [0, 0.1) is 0 Å². The second-order valence-corrected chi connectivity index (χ2v) is 31.4. The topological polar surface area (TPSA) is 237 Å². The Morgan fingerprint density at radius 3 is 0.775 bits per heavy atom. The fourth-order valence-electron chi connectivity index (χ4n) is 11.9. The number of allylic oxidation sites excluding steroid dienone is 8. The first kappa shape index (κ1) is 99.0. The maximum Gasteiger partial charge on any atom is 0.472 e. The van der Waals surface area contributed by atoms with E-state index >= 15 is 0 Å². The standard InChI is InChI=1S/C83H154O17P2/c1-5-9-13-17-21-25-29-33-36-38-41-44-47-51-55-59-63-67-80(85)93-73-78(99-82(87)69-65-61-57-53-49-43-32-28-24-20-16-12-8-4)75-97-101(89,90)95-71-77(84)72-96-102(91,92)98-76-79(100-83(88)70-66-62-58-54-50-46-40-35-31-27-23-19-15-11-7-3)74-94-81(86)68-64-60-56-52-48-45-42-39-37-34-30-26-22-18-14-10-6-2/h21,25,33,36,41,44,51,55,77-79,84H,5-20,22-24,26-32,34-35,37-40,42-43,45-50,52-54,56-76H2,1-4H3,(H,89,90)(H,91,92)/b25-21-,36-33-,44-41-,55-51-/t77-,78+,79+/m0/s1. The molecular weight excluding hydrogens is 1330 g/mol. The SMILES string of the molecule is CCCCC/C=C\C/C=C\C/C=C\C/C=C\CCCC(=O)OC[C@H](COP(=O)(O)OC[C@H](O)COP(=O)(O)OC[C@@H](COC(=O)CCCCCCCCCCCCCCCCCCC)OC(=O)CCCCCCCCCCCCCCCCC)OC(=O)CCCCCCCCCCCCCCC.